The van der Waals surface area contributed by atoms with Crippen LogP contribution in [-0.2, 0) is 15.1 Å². The molecule has 100 valence electrons. The summed E-state index contributed by atoms with van der Waals surface area (Å²) in [5.74, 6) is 0.363. The first-order valence-corrected chi connectivity index (χ1v) is 6.00. The first kappa shape index (κ1) is 14.5. The van der Waals surface area contributed by atoms with Crippen molar-refractivity contribution < 1.29 is 14.3 Å². The molecule has 1 rings (SSSR count). The Bertz CT molecular complexity index is 431. The van der Waals surface area contributed by atoms with Crippen LogP contribution in [0.25, 0.3) is 0 Å². The lowest BCUT2D eigenvalue weighted by Gasteiger charge is -2.29. The Hall–Kier alpha value is -1.55. The number of rotatable bonds is 5. The molecule has 0 aliphatic rings. The predicted molar refractivity (Wildman–Crippen MR) is 70.8 cm³/mol. The van der Waals surface area contributed by atoms with E-state index in [9.17, 15) is 4.79 Å². The summed E-state index contributed by atoms with van der Waals surface area (Å²) in [7, 11) is 3.33. The van der Waals surface area contributed by atoms with E-state index in [1.165, 1.54) is 0 Å². The average molecular weight is 251 g/mol. The van der Waals surface area contributed by atoms with E-state index in [4.69, 9.17) is 9.47 Å². The molecule has 0 bridgehead atoms. The minimum absolute atomic E-state index is 0.309. The topological polar surface area (TPSA) is 47.6 Å². The Morgan fingerprint density at radius 3 is 2.61 bits per heavy atom. The molecule has 0 saturated carbocycles. The van der Waals surface area contributed by atoms with Crippen molar-refractivity contribution in [2.24, 2.45) is 0 Å². The number of methoxy groups -OCH3 is 1. The smallest absolute Gasteiger partial charge is 0.330 e. The van der Waals surface area contributed by atoms with Gasteiger partial charge in [0.1, 0.15) is 11.3 Å². The molecule has 0 aliphatic carbocycles. The van der Waals surface area contributed by atoms with Crippen LogP contribution in [0.3, 0.4) is 0 Å². The number of benzene rings is 1. The fourth-order valence-electron chi connectivity index (χ4n) is 1.83. The molecule has 1 atom stereocenters. The number of aryl methyl sites for hydroxylation is 1. The second kappa shape index (κ2) is 5.87. The highest BCUT2D eigenvalue weighted by Gasteiger charge is 2.37. The number of hydrogen-bond acceptors (Lipinski definition) is 4. The van der Waals surface area contributed by atoms with Crippen LogP contribution in [-0.4, -0.2) is 26.7 Å². The Labute approximate surface area is 108 Å². The predicted octanol–water partition coefficient (Wildman–Crippen LogP) is 2.00. The van der Waals surface area contributed by atoms with E-state index in [0.717, 1.165) is 11.1 Å². The zero-order valence-electron chi connectivity index (χ0n) is 11.7. The summed E-state index contributed by atoms with van der Waals surface area (Å²) < 4.78 is 10.5. The second-order valence-corrected chi connectivity index (χ2v) is 4.30. The standard InChI is InChI=1S/C14H21NO3/c1-6-18-13(16)14(3,15-4)11-9-10(2)7-8-12(11)17-5/h7-9,15H,6H2,1-5H3. The molecule has 1 N–H and O–H groups in total. The highest BCUT2D eigenvalue weighted by Crippen LogP contribution is 2.31. The fourth-order valence-corrected chi connectivity index (χ4v) is 1.83. The molecular formula is C14H21NO3. The molecule has 4 nitrogen and oxygen atoms in total. The van der Waals surface area contributed by atoms with Gasteiger partial charge in [-0.1, -0.05) is 11.6 Å². The number of carbonyl (C=O) groups is 1. The average Bonchev–Trinajstić information content (AvgIpc) is 2.38. The maximum Gasteiger partial charge on any atom is 0.330 e. The highest BCUT2D eigenvalue weighted by molar-refractivity contribution is 5.83. The summed E-state index contributed by atoms with van der Waals surface area (Å²) >= 11 is 0. The van der Waals surface area contributed by atoms with Gasteiger partial charge in [0.15, 0.2) is 0 Å². The van der Waals surface area contributed by atoms with E-state index in [1.807, 2.05) is 25.1 Å². The van der Waals surface area contributed by atoms with Crippen LogP contribution in [0, 0.1) is 6.92 Å². The largest absolute Gasteiger partial charge is 0.496 e. The summed E-state index contributed by atoms with van der Waals surface area (Å²) in [5.41, 5.74) is 0.940. The number of likely N-dealkylation sites (N-methyl/N-ethyl adjacent to an activating group) is 1. The first-order valence-electron chi connectivity index (χ1n) is 6.00. The maximum absolute atomic E-state index is 12.1. The van der Waals surface area contributed by atoms with Gasteiger partial charge in [-0.15, -0.1) is 0 Å². The van der Waals surface area contributed by atoms with Gasteiger partial charge in [-0.05, 0) is 40.0 Å². The molecule has 0 fully saturated rings. The minimum Gasteiger partial charge on any atom is -0.496 e. The van der Waals surface area contributed by atoms with Crippen LogP contribution in [0.1, 0.15) is 25.0 Å². The molecule has 4 heteroatoms. The van der Waals surface area contributed by atoms with E-state index < -0.39 is 5.54 Å². The molecule has 0 aromatic heterocycles. The van der Waals surface area contributed by atoms with E-state index in [0.29, 0.717) is 12.4 Å². The monoisotopic (exact) mass is 251 g/mol. The lowest BCUT2D eigenvalue weighted by molar-refractivity contribution is -0.150. The number of hydrogen-bond donors (Lipinski definition) is 1. The van der Waals surface area contributed by atoms with Gasteiger partial charge >= 0.3 is 5.97 Å². The van der Waals surface area contributed by atoms with Crippen LogP contribution in [0.2, 0.25) is 0 Å². The third kappa shape index (κ3) is 2.64. The Balaban J connectivity index is 3.30. The highest BCUT2D eigenvalue weighted by atomic mass is 16.5. The van der Waals surface area contributed by atoms with Gasteiger partial charge in [0.05, 0.1) is 13.7 Å². The van der Waals surface area contributed by atoms with Crippen molar-refractivity contribution in [3.05, 3.63) is 29.3 Å². The van der Waals surface area contributed by atoms with Gasteiger partial charge in [-0.3, -0.25) is 0 Å². The summed E-state index contributed by atoms with van der Waals surface area (Å²) in [6.45, 7) is 5.91. The quantitative estimate of drug-likeness (QED) is 0.813. The van der Waals surface area contributed by atoms with Gasteiger partial charge in [0.25, 0.3) is 0 Å². The molecule has 0 radical (unpaired) electrons. The Morgan fingerprint density at radius 2 is 2.11 bits per heavy atom. The van der Waals surface area contributed by atoms with Gasteiger partial charge in [-0.2, -0.15) is 0 Å². The number of carbonyl (C=O) groups excluding carboxylic acids is 1. The SMILES string of the molecule is CCOC(=O)C(C)(NC)c1cc(C)ccc1OC. The van der Waals surface area contributed by atoms with E-state index in [-0.39, 0.29) is 5.97 Å². The van der Waals surface area contributed by atoms with Crippen molar-refractivity contribution in [3.8, 4) is 5.75 Å². The van der Waals surface area contributed by atoms with Gasteiger partial charge < -0.3 is 14.8 Å². The summed E-state index contributed by atoms with van der Waals surface area (Å²) in [5, 5.41) is 3.03. The van der Waals surface area contributed by atoms with Crippen molar-refractivity contribution in [2.75, 3.05) is 20.8 Å². The summed E-state index contributed by atoms with van der Waals surface area (Å²) in [6.07, 6.45) is 0. The zero-order chi connectivity index (χ0) is 13.8. The van der Waals surface area contributed by atoms with E-state index in [1.54, 1.807) is 28.0 Å². The summed E-state index contributed by atoms with van der Waals surface area (Å²) in [6, 6.07) is 5.75. The van der Waals surface area contributed by atoms with Crippen LogP contribution in [0.15, 0.2) is 18.2 Å². The molecule has 0 aliphatic heterocycles. The first-order chi connectivity index (χ1) is 8.49. The van der Waals surface area contributed by atoms with Crippen LogP contribution < -0.4 is 10.1 Å². The van der Waals surface area contributed by atoms with Gasteiger partial charge in [-0.25, -0.2) is 4.79 Å². The van der Waals surface area contributed by atoms with Crippen molar-refractivity contribution in [1.82, 2.24) is 5.32 Å². The van der Waals surface area contributed by atoms with E-state index in [2.05, 4.69) is 5.32 Å². The molecule has 1 aromatic rings. The molecule has 1 aromatic carbocycles. The number of ether oxygens (including phenoxy) is 2. The van der Waals surface area contributed by atoms with Crippen molar-refractivity contribution in [2.45, 2.75) is 26.3 Å². The van der Waals surface area contributed by atoms with E-state index >= 15 is 0 Å². The molecular weight excluding hydrogens is 230 g/mol. The molecule has 0 heterocycles. The molecule has 1 unspecified atom stereocenters. The van der Waals surface area contributed by atoms with Gasteiger partial charge in [0, 0.05) is 5.56 Å². The maximum atomic E-state index is 12.1. The molecule has 18 heavy (non-hydrogen) atoms. The van der Waals surface area contributed by atoms with Gasteiger partial charge in [0.2, 0.25) is 0 Å². The number of esters is 1. The fraction of sp³-hybridized carbons (Fsp3) is 0.500. The lowest BCUT2D eigenvalue weighted by atomic mass is 9.90. The third-order valence-corrected chi connectivity index (χ3v) is 3.08. The second-order valence-electron chi connectivity index (χ2n) is 4.30. The molecule has 0 spiro atoms. The normalized spacial score (nSPS) is 13.8. The third-order valence-electron chi connectivity index (χ3n) is 3.08. The van der Waals surface area contributed by atoms with Crippen molar-refractivity contribution in [1.29, 1.82) is 0 Å². The number of nitrogens with one attached hydrogen (secondary N) is 1. The molecule has 0 amide bonds. The van der Waals surface area contributed by atoms with Crippen molar-refractivity contribution in [3.63, 3.8) is 0 Å². The van der Waals surface area contributed by atoms with Crippen LogP contribution >= 0.6 is 0 Å². The molecule has 0 saturated heterocycles. The van der Waals surface area contributed by atoms with Crippen molar-refractivity contribution >= 4 is 5.97 Å². The van der Waals surface area contributed by atoms with Crippen LogP contribution in [0.4, 0.5) is 0 Å². The lowest BCUT2D eigenvalue weighted by Crippen LogP contribution is -2.46. The Kier molecular flexibility index (Phi) is 4.73. The summed E-state index contributed by atoms with van der Waals surface area (Å²) in [4.78, 5) is 12.1. The van der Waals surface area contributed by atoms with Crippen LogP contribution in [0.5, 0.6) is 5.75 Å². The zero-order valence-corrected chi connectivity index (χ0v) is 11.7. The minimum atomic E-state index is -0.909. The Morgan fingerprint density at radius 1 is 1.44 bits per heavy atom.